The van der Waals surface area contributed by atoms with Crippen LogP contribution in [0.25, 0.3) is 10.6 Å². The largest absolute Gasteiger partial charge is 0.451 e. The van der Waals surface area contributed by atoms with Gasteiger partial charge in [0.25, 0.3) is 0 Å². The van der Waals surface area contributed by atoms with Gasteiger partial charge < -0.3 is 3.85 Å². The van der Waals surface area contributed by atoms with Crippen LogP contribution in [0.15, 0.2) is 39.0 Å². The number of aromatic nitrogens is 1. The average Bonchev–Trinajstić information content (AvgIpc) is 2.54. The van der Waals surface area contributed by atoms with E-state index in [0.717, 1.165) is 17.2 Å². The van der Waals surface area contributed by atoms with Gasteiger partial charge >= 0.3 is 5.76 Å². The standard InChI is InChI=1S/C8H5NO2S/c10-8-9-7(12-11-8)6-4-2-1-3-5-6/h1-5H. The normalized spacial score (nSPS) is 10.0. The lowest BCUT2D eigenvalue weighted by atomic mass is 10.2. The van der Waals surface area contributed by atoms with Gasteiger partial charge in [-0.1, -0.05) is 30.3 Å². The summed E-state index contributed by atoms with van der Waals surface area (Å²) in [5.41, 5.74) is 0.911. The lowest BCUT2D eigenvalue weighted by molar-refractivity contribution is 0.618. The minimum absolute atomic E-state index is 0.529. The van der Waals surface area contributed by atoms with Crippen molar-refractivity contribution >= 4 is 11.6 Å². The zero-order valence-corrected chi connectivity index (χ0v) is 6.88. The van der Waals surface area contributed by atoms with Crippen LogP contribution in [-0.2, 0) is 0 Å². The van der Waals surface area contributed by atoms with Gasteiger partial charge in [-0.05, 0) is 0 Å². The van der Waals surface area contributed by atoms with Gasteiger partial charge in [0.15, 0.2) is 5.01 Å². The lowest BCUT2D eigenvalue weighted by Gasteiger charge is -1.89. The second-order valence-electron chi connectivity index (χ2n) is 2.22. The quantitative estimate of drug-likeness (QED) is 0.670. The first-order chi connectivity index (χ1) is 5.86. The van der Waals surface area contributed by atoms with E-state index in [9.17, 15) is 4.79 Å². The van der Waals surface area contributed by atoms with Crippen LogP contribution in [0.1, 0.15) is 0 Å². The van der Waals surface area contributed by atoms with Crippen molar-refractivity contribution in [3.8, 4) is 10.6 Å². The molecule has 0 fully saturated rings. The minimum atomic E-state index is -0.529. The van der Waals surface area contributed by atoms with Crippen molar-refractivity contribution in [1.29, 1.82) is 0 Å². The van der Waals surface area contributed by atoms with Crippen LogP contribution in [-0.4, -0.2) is 4.98 Å². The number of rotatable bonds is 1. The molecule has 0 unspecified atom stereocenters. The van der Waals surface area contributed by atoms with E-state index in [-0.39, 0.29) is 0 Å². The fourth-order valence-electron chi connectivity index (χ4n) is 0.889. The highest BCUT2D eigenvalue weighted by atomic mass is 32.1. The maximum atomic E-state index is 10.6. The summed E-state index contributed by atoms with van der Waals surface area (Å²) in [6, 6.07) is 9.45. The predicted octanol–water partition coefficient (Wildman–Crippen LogP) is 1.76. The molecule has 0 spiro atoms. The molecule has 0 saturated heterocycles. The van der Waals surface area contributed by atoms with Crippen LogP contribution in [0.3, 0.4) is 0 Å². The summed E-state index contributed by atoms with van der Waals surface area (Å²) in [6.07, 6.45) is 0. The first kappa shape index (κ1) is 7.24. The van der Waals surface area contributed by atoms with Crippen LogP contribution in [0, 0.1) is 0 Å². The molecule has 0 saturated carbocycles. The molecule has 12 heavy (non-hydrogen) atoms. The van der Waals surface area contributed by atoms with Crippen LogP contribution >= 0.6 is 11.6 Å². The van der Waals surface area contributed by atoms with E-state index in [1.807, 2.05) is 30.3 Å². The zero-order valence-electron chi connectivity index (χ0n) is 6.06. The number of nitrogens with zero attached hydrogens (tertiary/aromatic N) is 1. The summed E-state index contributed by atoms with van der Waals surface area (Å²) in [5.74, 6) is -0.529. The van der Waals surface area contributed by atoms with Crippen LogP contribution in [0.5, 0.6) is 0 Å². The van der Waals surface area contributed by atoms with E-state index >= 15 is 0 Å². The summed E-state index contributed by atoms with van der Waals surface area (Å²) < 4.78 is 4.59. The molecule has 1 heterocycles. The zero-order chi connectivity index (χ0) is 8.39. The summed E-state index contributed by atoms with van der Waals surface area (Å²) in [7, 11) is 0. The first-order valence-corrected chi connectivity index (χ1v) is 4.13. The Hall–Kier alpha value is -1.42. The molecule has 0 bridgehead atoms. The molecule has 2 rings (SSSR count). The minimum Gasteiger partial charge on any atom is -0.345 e. The summed E-state index contributed by atoms with van der Waals surface area (Å²) in [4.78, 5) is 14.3. The van der Waals surface area contributed by atoms with Gasteiger partial charge in [-0.3, -0.25) is 0 Å². The van der Waals surface area contributed by atoms with Gasteiger partial charge in [0.05, 0.1) is 11.6 Å². The van der Waals surface area contributed by atoms with Gasteiger partial charge in [-0.25, -0.2) is 4.79 Å². The number of benzene rings is 1. The Labute approximate surface area is 72.5 Å². The maximum absolute atomic E-state index is 10.6. The Bertz CT molecular complexity index is 418. The monoisotopic (exact) mass is 179 g/mol. The Morgan fingerprint density at radius 3 is 2.58 bits per heavy atom. The molecule has 0 radical (unpaired) electrons. The highest BCUT2D eigenvalue weighted by molar-refractivity contribution is 7.06. The lowest BCUT2D eigenvalue weighted by Crippen LogP contribution is -1.94. The van der Waals surface area contributed by atoms with E-state index in [0.29, 0.717) is 5.01 Å². The highest BCUT2D eigenvalue weighted by Crippen LogP contribution is 2.18. The van der Waals surface area contributed by atoms with Crippen molar-refractivity contribution in [3.05, 3.63) is 40.9 Å². The molecule has 0 amide bonds. The molecule has 60 valence electrons. The molecule has 3 nitrogen and oxygen atoms in total. The molecule has 0 aliphatic carbocycles. The third kappa shape index (κ3) is 1.29. The highest BCUT2D eigenvalue weighted by Gasteiger charge is 2.02. The molecule has 1 aromatic carbocycles. The van der Waals surface area contributed by atoms with E-state index in [2.05, 4.69) is 8.83 Å². The smallest absolute Gasteiger partial charge is 0.345 e. The molecular weight excluding hydrogens is 174 g/mol. The summed E-state index contributed by atoms with van der Waals surface area (Å²) in [5, 5.41) is 0.626. The predicted molar refractivity (Wildman–Crippen MR) is 46.1 cm³/mol. The third-order valence-corrected chi connectivity index (χ3v) is 2.12. The Morgan fingerprint density at radius 1 is 1.25 bits per heavy atom. The molecule has 0 aliphatic heterocycles. The number of hydrogen-bond donors (Lipinski definition) is 0. The van der Waals surface area contributed by atoms with Gasteiger partial charge in [-0.2, -0.15) is 4.98 Å². The van der Waals surface area contributed by atoms with Gasteiger partial charge in [-0.15, -0.1) is 0 Å². The van der Waals surface area contributed by atoms with Crippen LogP contribution < -0.4 is 5.76 Å². The molecule has 0 atom stereocenters. The van der Waals surface area contributed by atoms with Crippen molar-refractivity contribution < 1.29 is 3.85 Å². The second-order valence-corrected chi connectivity index (χ2v) is 2.94. The van der Waals surface area contributed by atoms with Crippen molar-refractivity contribution in [2.75, 3.05) is 0 Å². The van der Waals surface area contributed by atoms with Gasteiger partial charge in [0.1, 0.15) is 0 Å². The molecule has 1 aromatic heterocycles. The van der Waals surface area contributed by atoms with Gasteiger partial charge in [0.2, 0.25) is 0 Å². The van der Waals surface area contributed by atoms with E-state index in [1.165, 1.54) is 0 Å². The summed E-state index contributed by atoms with van der Waals surface area (Å²) >= 11 is 1.00. The van der Waals surface area contributed by atoms with Crippen molar-refractivity contribution in [3.63, 3.8) is 0 Å². The second kappa shape index (κ2) is 2.91. The molecule has 4 heteroatoms. The number of hydrogen-bond acceptors (Lipinski definition) is 4. The molecule has 0 aliphatic rings. The van der Waals surface area contributed by atoms with Gasteiger partial charge in [0, 0.05) is 5.56 Å². The molecule has 0 N–H and O–H groups in total. The molecule has 2 aromatic rings. The molecular formula is C8H5NO2S. The van der Waals surface area contributed by atoms with E-state index in [4.69, 9.17) is 0 Å². The van der Waals surface area contributed by atoms with E-state index < -0.39 is 5.76 Å². The third-order valence-electron chi connectivity index (χ3n) is 1.41. The maximum Gasteiger partial charge on any atom is 0.451 e. The fourth-order valence-corrected chi connectivity index (χ4v) is 1.42. The summed E-state index contributed by atoms with van der Waals surface area (Å²) in [6.45, 7) is 0. The van der Waals surface area contributed by atoms with Crippen molar-refractivity contribution in [1.82, 2.24) is 4.98 Å². The van der Waals surface area contributed by atoms with Crippen LogP contribution in [0.2, 0.25) is 0 Å². The van der Waals surface area contributed by atoms with Crippen LogP contribution in [0.4, 0.5) is 0 Å². The van der Waals surface area contributed by atoms with Crippen molar-refractivity contribution in [2.45, 2.75) is 0 Å². The Balaban J connectivity index is 2.51. The average molecular weight is 179 g/mol. The topological polar surface area (TPSA) is 43.1 Å². The Kier molecular flexibility index (Phi) is 1.75. The Morgan fingerprint density at radius 2 is 2.00 bits per heavy atom. The first-order valence-electron chi connectivity index (χ1n) is 3.39. The van der Waals surface area contributed by atoms with Crippen molar-refractivity contribution in [2.24, 2.45) is 0 Å². The van der Waals surface area contributed by atoms with E-state index in [1.54, 1.807) is 0 Å². The fraction of sp³-hybridized carbons (Fsp3) is 0. The SMILES string of the molecule is O=c1nc(-c2ccccc2)so1.